The number of nitrogens with zero attached hydrogens (tertiary/aromatic N) is 2. The minimum absolute atomic E-state index is 0.0331. The van der Waals surface area contributed by atoms with Crippen LogP contribution in [-0.4, -0.2) is 22.0 Å². The van der Waals surface area contributed by atoms with Gasteiger partial charge in [0.05, 0.1) is 27.4 Å². The van der Waals surface area contributed by atoms with Crippen molar-refractivity contribution in [1.82, 2.24) is 26.1 Å². The fourth-order valence-corrected chi connectivity index (χ4v) is 4.22. The predicted molar refractivity (Wildman–Crippen MR) is 102 cm³/mol. The summed E-state index contributed by atoms with van der Waals surface area (Å²) in [7, 11) is 0. The van der Waals surface area contributed by atoms with Crippen LogP contribution in [0, 0.1) is 5.92 Å². The summed E-state index contributed by atoms with van der Waals surface area (Å²) >= 11 is 1.66. The van der Waals surface area contributed by atoms with Crippen LogP contribution < -0.4 is 16.2 Å². The van der Waals surface area contributed by atoms with Gasteiger partial charge >= 0.3 is 0 Å². The van der Waals surface area contributed by atoms with E-state index in [1.54, 1.807) is 23.7 Å². The molecule has 2 aromatic heterocycles. The van der Waals surface area contributed by atoms with Crippen molar-refractivity contribution >= 4 is 27.5 Å². The fourth-order valence-electron chi connectivity index (χ4n) is 3.25. The number of aromatic nitrogens is 2. The molecule has 134 valence electrons. The largest absolute Gasteiger partial charge is 0.339 e. The number of thiazole rings is 1. The van der Waals surface area contributed by atoms with Crippen LogP contribution >= 0.6 is 11.3 Å². The number of pyridine rings is 1. The molecule has 1 aromatic carbocycles. The number of aryl methyl sites for hydroxylation is 1. The van der Waals surface area contributed by atoms with Crippen LogP contribution in [0.4, 0.5) is 0 Å². The maximum absolute atomic E-state index is 12.4. The van der Waals surface area contributed by atoms with Gasteiger partial charge in [-0.15, -0.1) is 11.3 Å². The number of benzene rings is 1. The highest BCUT2D eigenvalue weighted by atomic mass is 32.1. The Labute approximate surface area is 156 Å². The molecule has 0 saturated carbocycles. The Morgan fingerprint density at radius 2 is 2.00 bits per heavy atom. The topological polar surface area (TPSA) is 78.9 Å². The van der Waals surface area contributed by atoms with Crippen LogP contribution in [0.25, 0.3) is 10.2 Å². The van der Waals surface area contributed by atoms with Gasteiger partial charge in [-0.2, -0.15) is 0 Å². The molecule has 7 heteroatoms. The zero-order chi connectivity index (χ0) is 17.9. The Morgan fingerprint density at radius 1 is 1.19 bits per heavy atom. The number of amides is 1. The molecule has 3 heterocycles. The molecule has 0 radical (unpaired) electrons. The fraction of sp³-hybridized carbons (Fsp3) is 0.316. The van der Waals surface area contributed by atoms with E-state index < -0.39 is 0 Å². The zero-order valence-corrected chi connectivity index (χ0v) is 15.3. The second-order valence-corrected chi connectivity index (χ2v) is 7.64. The van der Waals surface area contributed by atoms with Crippen LogP contribution in [-0.2, 0) is 11.2 Å². The van der Waals surface area contributed by atoms with E-state index >= 15 is 0 Å². The molecule has 1 amide bonds. The molecule has 3 unspecified atom stereocenters. The van der Waals surface area contributed by atoms with Crippen molar-refractivity contribution in [1.29, 1.82) is 0 Å². The van der Waals surface area contributed by atoms with Crippen LogP contribution in [0.3, 0.4) is 0 Å². The number of hydrogen-bond acceptors (Lipinski definition) is 6. The molecular weight excluding hydrogens is 346 g/mol. The molecule has 1 aliphatic heterocycles. The summed E-state index contributed by atoms with van der Waals surface area (Å²) in [4.78, 5) is 21.0. The average Bonchev–Trinajstić information content (AvgIpc) is 3.24. The lowest BCUT2D eigenvalue weighted by atomic mass is 9.95. The predicted octanol–water partition coefficient (Wildman–Crippen LogP) is 2.55. The molecule has 0 bridgehead atoms. The molecule has 1 aliphatic rings. The summed E-state index contributed by atoms with van der Waals surface area (Å²) in [6.45, 7) is 2.12. The number of hydrogen-bond donors (Lipinski definition) is 3. The van der Waals surface area contributed by atoms with E-state index in [0.717, 1.165) is 16.1 Å². The Balaban J connectivity index is 1.32. The molecule has 1 saturated heterocycles. The van der Waals surface area contributed by atoms with Crippen LogP contribution in [0.1, 0.15) is 30.0 Å². The molecule has 3 aromatic rings. The number of para-hydroxylation sites is 1. The van der Waals surface area contributed by atoms with Crippen molar-refractivity contribution in [3.05, 3.63) is 59.4 Å². The van der Waals surface area contributed by atoms with Gasteiger partial charge in [0.2, 0.25) is 5.91 Å². The SMILES string of the molecule is CC1C(NC(=O)CCc2nc3ccccc3s2)NNC1c1ccncc1. The molecular formula is C19H21N5OS. The molecule has 6 nitrogen and oxygen atoms in total. The molecule has 0 aliphatic carbocycles. The van der Waals surface area contributed by atoms with Gasteiger partial charge in [0.25, 0.3) is 0 Å². The highest BCUT2D eigenvalue weighted by molar-refractivity contribution is 7.18. The maximum atomic E-state index is 12.4. The molecule has 3 atom stereocenters. The van der Waals surface area contributed by atoms with E-state index in [0.29, 0.717) is 12.8 Å². The van der Waals surface area contributed by atoms with Crippen molar-refractivity contribution in [3.8, 4) is 0 Å². The Hall–Kier alpha value is -2.35. The van der Waals surface area contributed by atoms with Gasteiger partial charge in [-0.05, 0) is 29.8 Å². The first-order chi connectivity index (χ1) is 12.7. The van der Waals surface area contributed by atoms with Gasteiger partial charge in [-0.25, -0.2) is 15.8 Å². The van der Waals surface area contributed by atoms with Gasteiger partial charge in [0.1, 0.15) is 0 Å². The van der Waals surface area contributed by atoms with Crippen LogP contribution in [0.15, 0.2) is 48.8 Å². The average molecular weight is 367 g/mol. The summed E-state index contributed by atoms with van der Waals surface area (Å²) in [5, 5.41) is 4.08. The first-order valence-electron chi connectivity index (χ1n) is 8.75. The van der Waals surface area contributed by atoms with E-state index in [-0.39, 0.29) is 24.0 Å². The Kier molecular flexibility index (Phi) is 4.92. The number of carbonyl (C=O) groups excluding carboxylic acids is 1. The Morgan fingerprint density at radius 3 is 2.81 bits per heavy atom. The standard InChI is InChI=1S/C19H21N5OS/c1-12-18(13-8-10-20-11-9-13)23-24-19(12)22-16(25)6-7-17-21-14-4-2-3-5-15(14)26-17/h2-5,8-12,18-19,23-24H,6-7H2,1H3,(H,22,25). The zero-order valence-electron chi connectivity index (χ0n) is 14.5. The monoisotopic (exact) mass is 367 g/mol. The molecule has 1 fully saturated rings. The van der Waals surface area contributed by atoms with Crippen molar-refractivity contribution in [2.75, 3.05) is 0 Å². The van der Waals surface area contributed by atoms with Crippen molar-refractivity contribution in [2.24, 2.45) is 5.92 Å². The lowest BCUT2D eigenvalue weighted by Gasteiger charge is -2.19. The lowest BCUT2D eigenvalue weighted by molar-refractivity contribution is -0.122. The third-order valence-electron chi connectivity index (χ3n) is 4.73. The molecule has 26 heavy (non-hydrogen) atoms. The van der Waals surface area contributed by atoms with Crippen molar-refractivity contribution in [2.45, 2.75) is 32.0 Å². The highest BCUT2D eigenvalue weighted by Gasteiger charge is 2.34. The van der Waals surface area contributed by atoms with Crippen molar-refractivity contribution < 1.29 is 4.79 Å². The first kappa shape index (κ1) is 17.1. The summed E-state index contributed by atoms with van der Waals surface area (Å²) in [5.74, 6) is 0.259. The van der Waals surface area contributed by atoms with E-state index in [1.165, 1.54) is 4.70 Å². The number of nitrogens with one attached hydrogen (secondary N) is 3. The van der Waals surface area contributed by atoms with E-state index in [1.807, 2.05) is 30.3 Å². The van der Waals surface area contributed by atoms with Gasteiger partial charge in [-0.1, -0.05) is 19.1 Å². The van der Waals surface area contributed by atoms with E-state index in [4.69, 9.17) is 0 Å². The quantitative estimate of drug-likeness (QED) is 0.646. The number of carbonyl (C=O) groups is 1. The van der Waals surface area contributed by atoms with Crippen molar-refractivity contribution in [3.63, 3.8) is 0 Å². The second kappa shape index (κ2) is 7.49. The van der Waals surface area contributed by atoms with E-state index in [2.05, 4.69) is 39.1 Å². The van der Waals surface area contributed by atoms with E-state index in [9.17, 15) is 4.79 Å². The summed E-state index contributed by atoms with van der Waals surface area (Å²) in [6, 6.07) is 12.2. The van der Waals surface area contributed by atoms with Gasteiger partial charge in [-0.3, -0.25) is 9.78 Å². The third kappa shape index (κ3) is 3.60. The third-order valence-corrected chi connectivity index (χ3v) is 5.83. The Bertz CT molecular complexity index is 864. The first-order valence-corrected chi connectivity index (χ1v) is 9.57. The van der Waals surface area contributed by atoms with Gasteiger partial charge < -0.3 is 5.32 Å². The number of rotatable bonds is 5. The summed E-state index contributed by atoms with van der Waals surface area (Å²) < 4.78 is 1.17. The highest BCUT2D eigenvalue weighted by Crippen LogP contribution is 2.27. The minimum Gasteiger partial charge on any atom is -0.339 e. The molecule has 4 rings (SSSR count). The molecule has 3 N–H and O–H groups in total. The van der Waals surface area contributed by atoms with Crippen LogP contribution in [0.2, 0.25) is 0 Å². The maximum Gasteiger partial charge on any atom is 0.221 e. The van der Waals surface area contributed by atoms with Crippen LogP contribution in [0.5, 0.6) is 0 Å². The number of hydrazine groups is 1. The normalized spacial score (nSPS) is 22.6. The summed E-state index contributed by atoms with van der Waals surface area (Å²) in [5.41, 5.74) is 8.62. The second-order valence-electron chi connectivity index (χ2n) is 6.53. The van der Waals surface area contributed by atoms with Gasteiger partial charge in [0.15, 0.2) is 0 Å². The smallest absolute Gasteiger partial charge is 0.221 e. The summed E-state index contributed by atoms with van der Waals surface area (Å²) in [6.07, 6.45) is 4.57. The lowest BCUT2D eigenvalue weighted by Crippen LogP contribution is -2.46. The van der Waals surface area contributed by atoms with Gasteiger partial charge in [0, 0.05) is 31.2 Å². The molecule has 0 spiro atoms. The minimum atomic E-state index is -0.101. The number of fused-ring (bicyclic) bond motifs is 1.